The first-order chi connectivity index (χ1) is 9.70. The van der Waals surface area contributed by atoms with Crippen LogP contribution >= 0.6 is 0 Å². The van der Waals surface area contributed by atoms with Crippen LogP contribution in [-0.2, 0) is 9.84 Å². The number of nitrogens with zero attached hydrogens (tertiary/aromatic N) is 1. The Labute approximate surface area is 125 Å². The number of aliphatic hydroxyl groups is 1. The molecule has 2 rings (SSSR count). The van der Waals surface area contributed by atoms with E-state index in [1.165, 1.54) is 19.2 Å². The van der Waals surface area contributed by atoms with Crippen molar-refractivity contribution >= 4 is 21.3 Å². The largest absolute Gasteiger partial charge is 0.393 e. The number of anilines is 1. The van der Waals surface area contributed by atoms with E-state index in [1.54, 1.807) is 19.1 Å². The van der Waals surface area contributed by atoms with Gasteiger partial charge in [-0.15, -0.1) is 0 Å². The second kappa shape index (κ2) is 5.77. The zero-order valence-electron chi connectivity index (χ0n) is 12.5. The molecule has 2 atom stereocenters. The highest BCUT2D eigenvalue weighted by Gasteiger charge is 2.29. The number of carbonyl (C=O) groups is 1. The highest BCUT2D eigenvalue weighted by atomic mass is 32.2. The Morgan fingerprint density at radius 3 is 2.57 bits per heavy atom. The van der Waals surface area contributed by atoms with E-state index in [9.17, 15) is 18.3 Å². The summed E-state index contributed by atoms with van der Waals surface area (Å²) < 4.78 is 23.9. The van der Waals surface area contributed by atoms with Crippen molar-refractivity contribution in [3.63, 3.8) is 0 Å². The van der Waals surface area contributed by atoms with E-state index < -0.39 is 15.9 Å². The Hall–Kier alpha value is -1.40. The van der Waals surface area contributed by atoms with Crippen LogP contribution in [-0.4, -0.2) is 44.8 Å². The molecule has 1 aromatic carbocycles. The van der Waals surface area contributed by atoms with Crippen LogP contribution in [0.15, 0.2) is 23.1 Å². The van der Waals surface area contributed by atoms with Gasteiger partial charge in [-0.25, -0.2) is 8.42 Å². The molecule has 0 bridgehead atoms. The van der Waals surface area contributed by atoms with Crippen molar-refractivity contribution in [1.82, 2.24) is 0 Å². The van der Waals surface area contributed by atoms with Crippen LogP contribution in [0.4, 0.5) is 5.69 Å². The van der Waals surface area contributed by atoms with E-state index in [1.807, 2.05) is 4.90 Å². The van der Waals surface area contributed by atoms with Crippen molar-refractivity contribution in [3.8, 4) is 0 Å². The normalized spacial score (nSPS) is 20.6. The fraction of sp³-hybridized carbons (Fsp3) is 0.533. The van der Waals surface area contributed by atoms with Gasteiger partial charge >= 0.3 is 0 Å². The molecule has 2 unspecified atom stereocenters. The SMILES string of the molecule is CC(=O)c1ccc(S(C)(=O)=O)c(N2CCC(C(C)O)C2)c1. The van der Waals surface area contributed by atoms with E-state index in [4.69, 9.17) is 0 Å². The van der Waals surface area contributed by atoms with Crippen LogP contribution in [0, 0.1) is 5.92 Å². The maximum absolute atomic E-state index is 11.9. The number of Topliss-reactive ketones (excluding diaryl/α,β-unsaturated/α-hetero) is 1. The molecule has 1 aliphatic rings. The Morgan fingerprint density at radius 2 is 2.10 bits per heavy atom. The maximum atomic E-state index is 11.9. The second-order valence-corrected chi connectivity index (χ2v) is 7.73. The molecule has 0 aromatic heterocycles. The second-order valence-electron chi connectivity index (χ2n) is 5.75. The number of hydrogen-bond donors (Lipinski definition) is 1. The molecule has 116 valence electrons. The molecule has 0 spiro atoms. The first kappa shape index (κ1) is 16.0. The lowest BCUT2D eigenvalue weighted by molar-refractivity contribution is 0.101. The van der Waals surface area contributed by atoms with Gasteiger partial charge < -0.3 is 10.0 Å². The zero-order chi connectivity index (χ0) is 15.8. The van der Waals surface area contributed by atoms with Gasteiger partial charge in [-0.2, -0.15) is 0 Å². The fourth-order valence-corrected chi connectivity index (χ4v) is 3.58. The predicted octanol–water partition coefficient (Wildman–Crippen LogP) is 1.50. The molecular weight excluding hydrogens is 290 g/mol. The van der Waals surface area contributed by atoms with E-state index in [2.05, 4.69) is 0 Å². The van der Waals surface area contributed by atoms with E-state index in [0.29, 0.717) is 24.3 Å². The third-order valence-electron chi connectivity index (χ3n) is 4.01. The third kappa shape index (κ3) is 3.44. The van der Waals surface area contributed by atoms with E-state index >= 15 is 0 Å². The van der Waals surface area contributed by atoms with Gasteiger partial charge in [-0.3, -0.25) is 4.79 Å². The van der Waals surface area contributed by atoms with Crippen LogP contribution in [0.2, 0.25) is 0 Å². The van der Waals surface area contributed by atoms with Crippen molar-refractivity contribution in [2.45, 2.75) is 31.3 Å². The number of rotatable bonds is 4. The highest BCUT2D eigenvalue weighted by Crippen LogP contribution is 2.32. The van der Waals surface area contributed by atoms with Gasteiger partial charge in [0.25, 0.3) is 0 Å². The molecule has 1 N–H and O–H groups in total. The summed E-state index contributed by atoms with van der Waals surface area (Å²) in [4.78, 5) is 13.7. The van der Waals surface area contributed by atoms with Crippen molar-refractivity contribution < 1.29 is 18.3 Å². The molecule has 0 aliphatic carbocycles. The van der Waals surface area contributed by atoms with Crippen LogP contribution in [0.5, 0.6) is 0 Å². The molecule has 0 amide bonds. The number of aliphatic hydroxyl groups excluding tert-OH is 1. The number of benzene rings is 1. The minimum absolute atomic E-state index is 0.0948. The Balaban J connectivity index is 2.45. The molecule has 1 heterocycles. The van der Waals surface area contributed by atoms with Gasteiger partial charge in [0.15, 0.2) is 15.6 Å². The van der Waals surface area contributed by atoms with Gasteiger partial charge in [0.2, 0.25) is 0 Å². The van der Waals surface area contributed by atoms with Crippen LogP contribution in [0.3, 0.4) is 0 Å². The van der Waals surface area contributed by atoms with Gasteiger partial charge in [0.1, 0.15) is 0 Å². The summed E-state index contributed by atoms with van der Waals surface area (Å²) in [6.45, 7) is 4.49. The standard InChI is InChI=1S/C15H21NO4S/c1-10(17)12-4-5-15(21(3,19)20)14(8-12)16-7-6-13(9-16)11(2)18/h4-5,8,11,13,18H,6-7,9H2,1-3H3. The molecule has 1 aliphatic heterocycles. The lowest BCUT2D eigenvalue weighted by Crippen LogP contribution is -2.25. The Morgan fingerprint density at radius 1 is 1.43 bits per heavy atom. The monoisotopic (exact) mass is 311 g/mol. The van der Waals surface area contributed by atoms with Crippen LogP contribution in [0.25, 0.3) is 0 Å². The summed E-state index contributed by atoms with van der Waals surface area (Å²) in [7, 11) is -3.37. The molecule has 0 radical (unpaired) electrons. The lowest BCUT2D eigenvalue weighted by atomic mass is 10.0. The molecule has 0 saturated carbocycles. The number of hydrogen-bond acceptors (Lipinski definition) is 5. The molecule has 6 heteroatoms. The van der Waals surface area contributed by atoms with Crippen molar-refractivity contribution in [3.05, 3.63) is 23.8 Å². The number of sulfone groups is 1. The fourth-order valence-electron chi connectivity index (χ4n) is 2.70. The van der Waals surface area contributed by atoms with Crippen molar-refractivity contribution in [2.75, 3.05) is 24.2 Å². The van der Waals surface area contributed by atoms with Crippen LogP contribution in [0.1, 0.15) is 30.6 Å². The van der Waals surface area contributed by atoms with Gasteiger partial charge in [-0.05, 0) is 38.5 Å². The number of ketones is 1. The summed E-state index contributed by atoms with van der Waals surface area (Å²) in [6.07, 6.45) is 1.56. The summed E-state index contributed by atoms with van der Waals surface area (Å²) >= 11 is 0. The van der Waals surface area contributed by atoms with Gasteiger partial charge in [0.05, 0.1) is 16.7 Å². The molecule has 1 saturated heterocycles. The Kier molecular flexibility index (Phi) is 4.39. The predicted molar refractivity (Wildman–Crippen MR) is 81.6 cm³/mol. The quantitative estimate of drug-likeness (QED) is 0.853. The minimum atomic E-state index is -3.37. The van der Waals surface area contributed by atoms with E-state index in [0.717, 1.165) is 6.42 Å². The molecule has 1 fully saturated rings. The summed E-state index contributed by atoms with van der Waals surface area (Å²) in [6, 6.07) is 4.69. The highest BCUT2D eigenvalue weighted by molar-refractivity contribution is 7.90. The number of carbonyl (C=O) groups excluding carboxylic acids is 1. The third-order valence-corrected chi connectivity index (χ3v) is 5.16. The lowest BCUT2D eigenvalue weighted by Gasteiger charge is -2.22. The molecule has 5 nitrogen and oxygen atoms in total. The smallest absolute Gasteiger partial charge is 0.177 e. The molecular formula is C15H21NO4S. The first-order valence-corrected chi connectivity index (χ1v) is 8.87. The first-order valence-electron chi connectivity index (χ1n) is 6.98. The van der Waals surface area contributed by atoms with E-state index in [-0.39, 0.29) is 16.6 Å². The van der Waals surface area contributed by atoms with Gasteiger partial charge in [-0.1, -0.05) is 0 Å². The Bertz CT molecular complexity index is 652. The minimum Gasteiger partial charge on any atom is -0.393 e. The average molecular weight is 311 g/mol. The topological polar surface area (TPSA) is 74.7 Å². The summed E-state index contributed by atoms with van der Waals surface area (Å²) in [5, 5.41) is 9.69. The van der Waals surface area contributed by atoms with Gasteiger partial charge in [0, 0.05) is 30.8 Å². The van der Waals surface area contributed by atoms with Crippen molar-refractivity contribution in [2.24, 2.45) is 5.92 Å². The van der Waals surface area contributed by atoms with Crippen molar-refractivity contribution in [1.29, 1.82) is 0 Å². The summed E-state index contributed by atoms with van der Waals surface area (Å²) in [5.74, 6) is 0.0287. The zero-order valence-corrected chi connectivity index (χ0v) is 13.4. The maximum Gasteiger partial charge on any atom is 0.177 e. The average Bonchev–Trinajstić information content (AvgIpc) is 2.86. The molecule has 1 aromatic rings. The molecule has 21 heavy (non-hydrogen) atoms. The summed E-state index contributed by atoms with van der Waals surface area (Å²) in [5.41, 5.74) is 1.06. The van der Waals surface area contributed by atoms with Crippen LogP contribution < -0.4 is 4.90 Å².